The first-order valence-corrected chi connectivity index (χ1v) is 10.7. The smallest absolute Gasteiger partial charge is 0.257 e. The molecular weight excluding hydrogens is 383 g/mol. The van der Waals surface area contributed by atoms with Crippen LogP contribution in [-0.4, -0.2) is 47.0 Å². The highest BCUT2D eigenvalue weighted by atomic mass is 19.1. The zero-order chi connectivity index (χ0) is 21.3. The third-order valence-corrected chi connectivity index (χ3v) is 6.41. The van der Waals surface area contributed by atoms with Gasteiger partial charge < -0.3 is 14.5 Å². The van der Waals surface area contributed by atoms with Crippen molar-refractivity contribution in [2.45, 2.75) is 52.0 Å². The molecule has 0 bridgehead atoms. The molecule has 2 aromatic rings. The van der Waals surface area contributed by atoms with Crippen molar-refractivity contribution in [1.82, 2.24) is 14.9 Å². The maximum atomic E-state index is 13.9. The van der Waals surface area contributed by atoms with E-state index in [1.54, 1.807) is 18.1 Å². The van der Waals surface area contributed by atoms with Gasteiger partial charge in [-0.2, -0.15) is 0 Å². The molecule has 6 nitrogen and oxygen atoms in total. The van der Waals surface area contributed by atoms with Gasteiger partial charge >= 0.3 is 0 Å². The summed E-state index contributed by atoms with van der Waals surface area (Å²) in [6, 6.07) is 4.00. The number of hydrogen-bond donors (Lipinski definition) is 0. The van der Waals surface area contributed by atoms with Crippen LogP contribution in [0.15, 0.2) is 30.7 Å². The highest BCUT2D eigenvalue weighted by molar-refractivity contribution is 5.97. The SMILES string of the molecule is CC(C)N(C)C(=O)c1cc(F)ccc1Oc1cncnc1N1CC2(CCCCC2)C1. The van der Waals surface area contributed by atoms with Crippen molar-refractivity contribution in [2.24, 2.45) is 5.41 Å². The maximum absolute atomic E-state index is 13.9. The minimum absolute atomic E-state index is 0.0167. The molecule has 4 rings (SSSR count). The van der Waals surface area contributed by atoms with Gasteiger partial charge in [0.15, 0.2) is 11.6 Å². The van der Waals surface area contributed by atoms with Crippen LogP contribution in [0.25, 0.3) is 0 Å². The molecule has 1 aromatic heterocycles. The Hall–Kier alpha value is -2.70. The van der Waals surface area contributed by atoms with E-state index in [4.69, 9.17) is 4.74 Å². The Labute approximate surface area is 177 Å². The Kier molecular flexibility index (Phi) is 5.62. The molecule has 1 aliphatic carbocycles. The predicted octanol–water partition coefficient (Wildman–Crippen LogP) is 4.66. The fourth-order valence-electron chi connectivity index (χ4n) is 4.45. The topological polar surface area (TPSA) is 58.6 Å². The summed E-state index contributed by atoms with van der Waals surface area (Å²) in [5.41, 5.74) is 0.589. The van der Waals surface area contributed by atoms with Crippen LogP contribution in [-0.2, 0) is 0 Å². The lowest BCUT2D eigenvalue weighted by atomic mass is 9.68. The number of rotatable bonds is 5. The number of carbonyl (C=O) groups excluding carboxylic acids is 1. The van der Waals surface area contributed by atoms with Gasteiger partial charge in [0.1, 0.15) is 17.9 Å². The van der Waals surface area contributed by atoms with Crippen LogP contribution >= 0.6 is 0 Å². The normalized spacial score (nSPS) is 17.7. The van der Waals surface area contributed by atoms with Gasteiger partial charge in [-0.3, -0.25) is 4.79 Å². The number of hydrogen-bond acceptors (Lipinski definition) is 5. The number of benzene rings is 1. The molecule has 0 N–H and O–H groups in total. The van der Waals surface area contributed by atoms with E-state index < -0.39 is 5.82 Å². The van der Waals surface area contributed by atoms with E-state index in [0.29, 0.717) is 16.9 Å². The number of anilines is 1. The van der Waals surface area contributed by atoms with Crippen LogP contribution < -0.4 is 9.64 Å². The van der Waals surface area contributed by atoms with E-state index in [9.17, 15) is 9.18 Å². The average molecular weight is 413 g/mol. The third kappa shape index (κ3) is 3.98. The van der Waals surface area contributed by atoms with Gasteiger partial charge in [0.05, 0.1) is 11.8 Å². The van der Waals surface area contributed by atoms with Crippen molar-refractivity contribution in [3.63, 3.8) is 0 Å². The van der Waals surface area contributed by atoms with E-state index >= 15 is 0 Å². The van der Waals surface area contributed by atoms with Crippen molar-refractivity contribution in [3.8, 4) is 11.5 Å². The molecule has 0 radical (unpaired) electrons. The summed E-state index contributed by atoms with van der Waals surface area (Å²) in [6.45, 7) is 5.75. The lowest BCUT2D eigenvalue weighted by Gasteiger charge is -2.53. The molecule has 1 aliphatic heterocycles. The Bertz CT molecular complexity index is 919. The van der Waals surface area contributed by atoms with Gasteiger partial charge in [0.2, 0.25) is 0 Å². The lowest BCUT2D eigenvalue weighted by Crippen LogP contribution is -2.57. The molecule has 1 aromatic carbocycles. The van der Waals surface area contributed by atoms with Crippen LogP contribution in [0.3, 0.4) is 0 Å². The van der Waals surface area contributed by atoms with Crippen molar-refractivity contribution >= 4 is 11.7 Å². The Balaban J connectivity index is 1.58. The molecule has 7 heteroatoms. The molecule has 1 spiro atoms. The highest BCUT2D eigenvalue weighted by Crippen LogP contribution is 2.47. The molecule has 2 fully saturated rings. The number of halogens is 1. The summed E-state index contributed by atoms with van der Waals surface area (Å²) in [4.78, 5) is 25.2. The lowest BCUT2D eigenvalue weighted by molar-refractivity contribution is 0.0751. The van der Waals surface area contributed by atoms with Crippen LogP contribution in [0.2, 0.25) is 0 Å². The first-order valence-electron chi connectivity index (χ1n) is 10.7. The van der Waals surface area contributed by atoms with Crippen LogP contribution in [0, 0.1) is 11.2 Å². The van der Waals surface area contributed by atoms with E-state index in [1.807, 2.05) is 13.8 Å². The second-order valence-corrected chi connectivity index (χ2v) is 8.88. The molecule has 1 saturated carbocycles. The van der Waals surface area contributed by atoms with E-state index in [2.05, 4.69) is 14.9 Å². The standard InChI is InChI=1S/C23H29FN4O2/c1-16(2)27(3)22(29)18-11-17(24)7-8-19(18)30-20-12-25-15-26-21(20)28-13-23(14-28)9-5-4-6-10-23/h7-8,11-12,15-16H,4-6,9-10,13-14H2,1-3H3. The Morgan fingerprint density at radius 1 is 1.20 bits per heavy atom. The first-order chi connectivity index (χ1) is 14.4. The van der Waals surface area contributed by atoms with Crippen molar-refractivity contribution in [3.05, 3.63) is 42.1 Å². The molecule has 2 aliphatic rings. The summed E-state index contributed by atoms with van der Waals surface area (Å²) in [5.74, 6) is 0.743. The zero-order valence-corrected chi connectivity index (χ0v) is 17.9. The summed E-state index contributed by atoms with van der Waals surface area (Å²) >= 11 is 0. The predicted molar refractivity (Wildman–Crippen MR) is 113 cm³/mol. The van der Waals surface area contributed by atoms with Crippen molar-refractivity contribution < 1.29 is 13.9 Å². The van der Waals surface area contributed by atoms with Crippen LogP contribution in [0.4, 0.5) is 10.2 Å². The number of aromatic nitrogens is 2. The third-order valence-electron chi connectivity index (χ3n) is 6.41. The molecule has 30 heavy (non-hydrogen) atoms. The van der Waals surface area contributed by atoms with Gasteiger partial charge in [0, 0.05) is 31.6 Å². The van der Waals surface area contributed by atoms with E-state index in [1.165, 1.54) is 56.6 Å². The van der Waals surface area contributed by atoms with Crippen molar-refractivity contribution in [2.75, 3.05) is 25.0 Å². The van der Waals surface area contributed by atoms with Gasteiger partial charge in [-0.05, 0) is 44.9 Å². The zero-order valence-electron chi connectivity index (χ0n) is 17.9. The highest BCUT2D eigenvalue weighted by Gasteiger charge is 2.44. The van der Waals surface area contributed by atoms with Gasteiger partial charge in [0.25, 0.3) is 5.91 Å². The van der Waals surface area contributed by atoms with Gasteiger partial charge in [-0.1, -0.05) is 19.3 Å². The Morgan fingerprint density at radius 2 is 1.93 bits per heavy atom. The summed E-state index contributed by atoms with van der Waals surface area (Å²) in [7, 11) is 1.70. The summed E-state index contributed by atoms with van der Waals surface area (Å²) < 4.78 is 20.0. The van der Waals surface area contributed by atoms with Gasteiger partial charge in [-0.25, -0.2) is 14.4 Å². The van der Waals surface area contributed by atoms with Crippen molar-refractivity contribution in [1.29, 1.82) is 0 Å². The molecular formula is C23H29FN4O2. The van der Waals surface area contributed by atoms with E-state index in [-0.39, 0.29) is 17.5 Å². The maximum Gasteiger partial charge on any atom is 0.257 e. The van der Waals surface area contributed by atoms with E-state index in [0.717, 1.165) is 18.9 Å². The average Bonchev–Trinajstić information content (AvgIpc) is 2.73. The minimum Gasteiger partial charge on any atom is -0.451 e. The van der Waals surface area contributed by atoms with Crippen LogP contribution in [0.5, 0.6) is 11.5 Å². The molecule has 0 atom stereocenters. The minimum atomic E-state index is -0.477. The molecule has 160 valence electrons. The van der Waals surface area contributed by atoms with Gasteiger partial charge in [-0.15, -0.1) is 0 Å². The summed E-state index contributed by atoms with van der Waals surface area (Å²) in [6.07, 6.45) is 9.58. The Morgan fingerprint density at radius 3 is 2.63 bits per heavy atom. The first kappa shape index (κ1) is 20.6. The second kappa shape index (κ2) is 8.20. The monoisotopic (exact) mass is 412 g/mol. The fraction of sp³-hybridized carbons (Fsp3) is 0.522. The number of amides is 1. The van der Waals surface area contributed by atoms with Crippen LogP contribution in [0.1, 0.15) is 56.3 Å². The molecule has 1 saturated heterocycles. The molecule has 0 unspecified atom stereocenters. The largest absolute Gasteiger partial charge is 0.451 e. The number of carbonyl (C=O) groups is 1. The fourth-order valence-corrected chi connectivity index (χ4v) is 4.45. The second-order valence-electron chi connectivity index (χ2n) is 8.88. The quantitative estimate of drug-likeness (QED) is 0.715. The summed E-state index contributed by atoms with van der Waals surface area (Å²) in [5, 5.41) is 0. The number of nitrogens with zero attached hydrogens (tertiary/aromatic N) is 4. The molecule has 1 amide bonds. The number of ether oxygens (including phenoxy) is 1. The molecule has 2 heterocycles.